The minimum absolute atomic E-state index is 0.152. The summed E-state index contributed by atoms with van der Waals surface area (Å²) in [5, 5.41) is 3.31. The maximum absolute atomic E-state index is 12.5. The molecule has 6 nitrogen and oxygen atoms in total. The van der Waals surface area contributed by atoms with Crippen LogP contribution in [0.15, 0.2) is 53.4 Å². The summed E-state index contributed by atoms with van der Waals surface area (Å²) < 4.78 is 32.0. The Morgan fingerprint density at radius 2 is 1.75 bits per heavy atom. The molecule has 8 heteroatoms. The van der Waals surface area contributed by atoms with Crippen molar-refractivity contribution >= 4 is 27.5 Å². The summed E-state index contributed by atoms with van der Waals surface area (Å²) in [6, 6.07) is 13.7. The van der Waals surface area contributed by atoms with E-state index in [1.165, 1.54) is 4.31 Å². The summed E-state index contributed by atoms with van der Waals surface area (Å²) in [4.78, 5) is 12.3. The molecule has 0 aliphatic carbocycles. The number of benzene rings is 2. The van der Waals surface area contributed by atoms with E-state index in [0.717, 1.165) is 18.4 Å². The first-order valence-corrected chi connectivity index (χ1v) is 11.0. The van der Waals surface area contributed by atoms with Crippen molar-refractivity contribution in [1.29, 1.82) is 0 Å². The van der Waals surface area contributed by atoms with E-state index in [4.69, 9.17) is 16.3 Å². The number of rotatable bonds is 8. The zero-order valence-electron chi connectivity index (χ0n) is 15.4. The summed E-state index contributed by atoms with van der Waals surface area (Å²) >= 11 is 6.00. The van der Waals surface area contributed by atoms with Crippen LogP contribution in [0.2, 0.25) is 5.02 Å². The Hall–Kier alpha value is -2.09. The van der Waals surface area contributed by atoms with Crippen LogP contribution in [0.5, 0.6) is 5.75 Å². The van der Waals surface area contributed by atoms with Gasteiger partial charge in [-0.15, -0.1) is 0 Å². The molecular formula is C20H23ClN2O4S. The van der Waals surface area contributed by atoms with Crippen molar-refractivity contribution in [2.45, 2.75) is 30.7 Å². The Kier molecular flexibility index (Phi) is 6.93. The number of ether oxygens (including phenoxy) is 1. The number of halogens is 1. The number of hydrogen-bond donors (Lipinski definition) is 1. The Bertz CT molecular complexity index is 910. The van der Waals surface area contributed by atoms with Crippen LogP contribution < -0.4 is 10.1 Å². The lowest BCUT2D eigenvalue weighted by Crippen LogP contribution is -2.28. The molecule has 1 heterocycles. The molecule has 1 aliphatic heterocycles. The highest BCUT2D eigenvalue weighted by molar-refractivity contribution is 7.89. The van der Waals surface area contributed by atoms with Crippen LogP contribution >= 0.6 is 11.6 Å². The van der Waals surface area contributed by atoms with Crippen molar-refractivity contribution < 1.29 is 17.9 Å². The molecule has 0 atom stereocenters. The molecule has 0 radical (unpaired) electrons. The second kappa shape index (κ2) is 9.41. The average Bonchev–Trinajstić information content (AvgIpc) is 3.24. The number of nitrogens with one attached hydrogen (secondary N) is 1. The zero-order valence-corrected chi connectivity index (χ0v) is 17.0. The molecule has 2 aromatic carbocycles. The normalized spacial score (nSPS) is 14.8. The van der Waals surface area contributed by atoms with E-state index < -0.39 is 10.0 Å². The Balaban J connectivity index is 1.45. The number of nitrogens with zero attached hydrogens (tertiary/aromatic N) is 1. The van der Waals surface area contributed by atoms with Gasteiger partial charge in [0.05, 0.1) is 22.9 Å². The highest BCUT2D eigenvalue weighted by atomic mass is 35.5. The number of carbonyl (C=O) groups excluding carboxylic acids is 1. The van der Waals surface area contributed by atoms with Gasteiger partial charge in [-0.1, -0.05) is 35.9 Å². The zero-order chi connectivity index (χ0) is 20.0. The molecule has 0 unspecified atom stereocenters. The van der Waals surface area contributed by atoms with Gasteiger partial charge in [0.15, 0.2) is 0 Å². The number of amides is 1. The van der Waals surface area contributed by atoms with Gasteiger partial charge in [0.1, 0.15) is 5.75 Å². The van der Waals surface area contributed by atoms with Crippen molar-refractivity contribution in [2.75, 3.05) is 19.7 Å². The van der Waals surface area contributed by atoms with Crippen molar-refractivity contribution in [1.82, 2.24) is 9.62 Å². The second-order valence-corrected chi connectivity index (χ2v) is 8.91. The molecule has 3 rings (SSSR count). The van der Waals surface area contributed by atoms with Crippen LogP contribution in [0.1, 0.15) is 24.8 Å². The predicted molar refractivity (Wildman–Crippen MR) is 108 cm³/mol. The first kappa shape index (κ1) is 20.6. The fraction of sp³-hybridized carbons (Fsp3) is 0.350. The van der Waals surface area contributed by atoms with E-state index in [1.807, 2.05) is 12.1 Å². The van der Waals surface area contributed by atoms with E-state index in [-0.39, 0.29) is 23.8 Å². The molecule has 1 N–H and O–H groups in total. The lowest BCUT2D eigenvalue weighted by atomic mass is 10.2. The Morgan fingerprint density at radius 3 is 2.43 bits per heavy atom. The first-order chi connectivity index (χ1) is 13.5. The summed E-state index contributed by atoms with van der Waals surface area (Å²) in [5.41, 5.74) is 0.834. The maximum Gasteiger partial charge on any atom is 0.243 e. The lowest BCUT2D eigenvalue weighted by Gasteiger charge is -2.15. The molecule has 1 aliphatic rings. The smallest absolute Gasteiger partial charge is 0.243 e. The fourth-order valence-corrected chi connectivity index (χ4v) is 4.67. The number of carbonyl (C=O) groups is 1. The fourth-order valence-electron chi connectivity index (χ4n) is 2.96. The minimum atomic E-state index is -3.41. The maximum atomic E-state index is 12.5. The predicted octanol–water partition coefficient (Wildman–Crippen LogP) is 3.21. The third kappa shape index (κ3) is 5.25. The second-order valence-electron chi connectivity index (χ2n) is 6.56. The van der Waals surface area contributed by atoms with Crippen LogP contribution in [-0.2, 0) is 21.4 Å². The van der Waals surface area contributed by atoms with Crippen LogP contribution in [-0.4, -0.2) is 38.3 Å². The quantitative estimate of drug-likeness (QED) is 0.708. The van der Waals surface area contributed by atoms with Crippen molar-refractivity contribution in [3.05, 3.63) is 59.1 Å². The van der Waals surface area contributed by atoms with Gasteiger partial charge in [0, 0.05) is 19.6 Å². The summed E-state index contributed by atoms with van der Waals surface area (Å²) in [7, 11) is -3.41. The van der Waals surface area contributed by atoms with Crippen LogP contribution in [0.4, 0.5) is 0 Å². The molecule has 1 fully saturated rings. The van der Waals surface area contributed by atoms with E-state index in [2.05, 4.69) is 5.32 Å². The van der Waals surface area contributed by atoms with E-state index in [1.54, 1.807) is 36.4 Å². The average molecular weight is 423 g/mol. The largest absolute Gasteiger partial charge is 0.491 e. The van der Waals surface area contributed by atoms with Gasteiger partial charge < -0.3 is 10.1 Å². The topological polar surface area (TPSA) is 75.7 Å². The van der Waals surface area contributed by atoms with Crippen molar-refractivity contribution in [3.8, 4) is 5.75 Å². The van der Waals surface area contributed by atoms with Gasteiger partial charge in [-0.2, -0.15) is 4.31 Å². The van der Waals surface area contributed by atoms with Crippen molar-refractivity contribution in [3.63, 3.8) is 0 Å². The van der Waals surface area contributed by atoms with Crippen LogP contribution in [0, 0.1) is 0 Å². The Morgan fingerprint density at radius 1 is 1.07 bits per heavy atom. The van der Waals surface area contributed by atoms with Gasteiger partial charge in [-0.3, -0.25) is 4.79 Å². The molecule has 0 spiro atoms. The van der Waals surface area contributed by atoms with Gasteiger partial charge in [-0.25, -0.2) is 8.42 Å². The van der Waals surface area contributed by atoms with Crippen molar-refractivity contribution in [2.24, 2.45) is 0 Å². The Labute approximate surface area is 170 Å². The van der Waals surface area contributed by atoms with Gasteiger partial charge >= 0.3 is 0 Å². The summed E-state index contributed by atoms with van der Waals surface area (Å²) in [6.07, 6.45) is 2.01. The van der Waals surface area contributed by atoms with Crippen LogP contribution in [0.3, 0.4) is 0 Å². The molecule has 1 saturated heterocycles. The number of hydrogen-bond acceptors (Lipinski definition) is 4. The first-order valence-electron chi connectivity index (χ1n) is 9.20. The van der Waals surface area contributed by atoms with E-state index in [9.17, 15) is 13.2 Å². The molecule has 150 valence electrons. The summed E-state index contributed by atoms with van der Waals surface area (Å²) in [6.45, 7) is 1.71. The van der Waals surface area contributed by atoms with E-state index in [0.29, 0.717) is 30.4 Å². The highest BCUT2D eigenvalue weighted by Gasteiger charge is 2.26. The molecule has 1 amide bonds. The summed E-state index contributed by atoms with van der Waals surface area (Å²) in [5.74, 6) is 0.396. The molecule has 0 aromatic heterocycles. The minimum Gasteiger partial charge on any atom is -0.491 e. The van der Waals surface area contributed by atoms with Gasteiger partial charge in [0.2, 0.25) is 15.9 Å². The monoisotopic (exact) mass is 422 g/mol. The molecular weight excluding hydrogens is 400 g/mol. The number of para-hydroxylation sites is 1. The third-order valence-corrected chi connectivity index (χ3v) is 6.76. The van der Waals surface area contributed by atoms with Gasteiger partial charge in [0.25, 0.3) is 0 Å². The number of sulfonamides is 1. The standard InChI is InChI=1S/C20H23ClN2O4S/c21-18-5-1-2-6-19(18)27-14-11-20(24)22-15-16-7-9-17(10-8-16)28(25,26)23-12-3-4-13-23/h1-2,5-10H,3-4,11-15H2,(H,22,24). The highest BCUT2D eigenvalue weighted by Crippen LogP contribution is 2.23. The third-order valence-electron chi connectivity index (χ3n) is 4.54. The molecule has 28 heavy (non-hydrogen) atoms. The molecule has 2 aromatic rings. The molecule has 0 bridgehead atoms. The lowest BCUT2D eigenvalue weighted by molar-refractivity contribution is -0.121. The van der Waals surface area contributed by atoms with Crippen LogP contribution in [0.25, 0.3) is 0 Å². The SMILES string of the molecule is O=C(CCOc1ccccc1Cl)NCc1ccc(S(=O)(=O)N2CCCC2)cc1. The van der Waals surface area contributed by atoms with E-state index >= 15 is 0 Å². The molecule has 0 saturated carbocycles. The van der Waals surface area contributed by atoms with Gasteiger partial charge in [-0.05, 0) is 42.7 Å².